The van der Waals surface area contributed by atoms with Crippen LogP contribution in [0.5, 0.6) is 5.75 Å². The van der Waals surface area contributed by atoms with Gasteiger partial charge in [0.15, 0.2) is 0 Å². The number of nitro benzene ring substituents is 1. The summed E-state index contributed by atoms with van der Waals surface area (Å²) in [5.74, 6) is 0.598. The highest BCUT2D eigenvalue weighted by atomic mass is 16.6. The standard InChI is InChI=1S/C18H28N4O4/c1-3-15(2)19-18(23)14-21-9-7-20(8-10-21)11-12-26-17-6-4-5-16(13-17)22(24)25/h4-6,13,15H,3,7-12,14H2,1-2H3,(H,19,23)/t15-/m1/s1. The molecule has 1 aliphatic rings. The molecule has 1 aromatic carbocycles. The number of hydrogen-bond acceptors (Lipinski definition) is 6. The van der Waals surface area contributed by atoms with Crippen molar-refractivity contribution in [1.82, 2.24) is 15.1 Å². The second kappa shape index (κ2) is 10.1. The topological polar surface area (TPSA) is 88.0 Å². The van der Waals surface area contributed by atoms with E-state index in [1.54, 1.807) is 12.1 Å². The fourth-order valence-electron chi connectivity index (χ4n) is 2.78. The van der Waals surface area contributed by atoms with Crippen LogP contribution in [0.1, 0.15) is 20.3 Å². The average molecular weight is 364 g/mol. The molecular formula is C18H28N4O4. The summed E-state index contributed by atoms with van der Waals surface area (Å²) >= 11 is 0. The number of ether oxygens (including phenoxy) is 1. The molecule has 8 heteroatoms. The van der Waals surface area contributed by atoms with E-state index in [0.717, 1.165) is 39.1 Å². The fourth-order valence-corrected chi connectivity index (χ4v) is 2.78. The maximum atomic E-state index is 11.9. The summed E-state index contributed by atoms with van der Waals surface area (Å²) in [7, 11) is 0. The van der Waals surface area contributed by atoms with E-state index in [0.29, 0.717) is 18.9 Å². The van der Waals surface area contributed by atoms with E-state index in [4.69, 9.17) is 4.74 Å². The third kappa shape index (κ3) is 6.61. The van der Waals surface area contributed by atoms with Crippen molar-refractivity contribution in [2.24, 2.45) is 0 Å². The maximum absolute atomic E-state index is 11.9. The lowest BCUT2D eigenvalue weighted by molar-refractivity contribution is -0.384. The van der Waals surface area contributed by atoms with Gasteiger partial charge in [-0.2, -0.15) is 0 Å². The highest BCUT2D eigenvalue weighted by molar-refractivity contribution is 5.78. The van der Waals surface area contributed by atoms with Gasteiger partial charge < -0.3 is 10.1 Å². The van der Waals surface area contributed by atoms with Crippen LogP contribution in [0.15, 0.2) is 24.3 Å². The van der Waals surface area contributed by atoms with Crippen LogP contribution in [-0.2, 0) is 4.79 Å². The molecule has 0 saturated carbocycles. The minimum Gasteiger partial charge on any atom is -0.492 e. The molecule has 0 aromatic heterocycles. The van der Waals surface area contributed by atoms with Crippen molar-refractivity contribution in [2.45, 2.75) is 26.3 Å². The average Bonchev–Trinajstić information content (AvgIpc) is 2.63. The van der Waals surface area contributed by atoms with Gasteiger partial charge in [0.25, 0.3) is 5.69 Å². The van der Waals surface area contributed by atoms with Crippen LogP contribution in [0.25, 0.3) is 0 Å². The molecule has 1 fully saturated rings. The number of rotatable bonds is 9. The molecule has 1 aromatic rings. The van der Waals surface area contributed by atoms with Crippen molar-refractivity contribution in [1.29, 1.82) is 0 Å². The normalized spacial score (nSPS) is 16.8. The minimum absolute atomic E-state index is 0.0341. The monoisotopic (exact) mass is 364 g/mol. The molecule has 1 atom stereocenters. The first-order chi connectivity index (χ1) is 12.5. The summed E-state index contributed by atoms with van der Waals surface area (Å²) in [5, 5.41) is 13.8. The van der Waals surface area contributed by atoms with Crippen LogP contribution in [0.2, 0.25) is 0 Å². The van der Waals surface area contributed by atoms with E-state index in [2.05, 4.69) is 22.0 Å². The molecule has 1 amide bonds. The lowest BCUT2D eigenvalue weighted by Gasteiger charge is -2.34. The Labute approximate surface area is 154 Å². The second-order valence-electron chi connectivity index (χ2n) is 6.60. The number of nitrogens with one attached hydrogen (secondary N) is 1. The zero-order valence-electron chi connectivity index (χ0n) is 15.5. The molecule has 8 nitrogen and oxygen atoms in total. The van der Waals surface area contributed by atoms with Gasteiger partial charge in [-0.25, -0.2) is 0 Å². The smallest absolute Gasteiger partial charge is 0.273 e. The molecule has 144 valence electrons. The molecule has 2 rings (SSSR count). The largest absolute Gasteiger partial charge is 0.492 e. The van der Waals surface area contributed by atoms with Gasteiger partial charge in [-0.1, -0.05) is 13.0 Å². The Morgan fingerprint density at radius 2 is 2.00 bits per heavy atom. The van der Waals surface area contributed by atoms with Gasteiger partial charge in [0.1, 0.15) is 12.4 Å². The van der Waals surface area contributed by atoms with Gasteiger partial charge in [0.2, 0.25) is 5.91 Å². The molecule has 1 aliphatic heterocycles. The van der Waals surface area contributed by atoms with E-state index in [1.807, 2.05) is 6.92 Å². The van der Waals surface area contributed by atoms with Gasteiger partial charge in [-0.3, -0.25) is 24.7 Å². The molecule has 1 N–H and O–H groups in total. The Balaban J connectivity index is 1.65. The van der Waals surface area contributed by atoms with Crippen LogP contribution in [-0.4, -0.2) is 72.5 Å². The van der Waals surface area contributed by atoms with Crippen molar-refractivity contribution in [2.75, 3.05) is 45.9 Å². The molecule has 0 aliphatic carbocycles. The zero-order valence-corrected chi connectivity index (χ0v) is 15.5. The lowest BCUT2D eigenvalue weighted by Crippen LogP contribution is -2.50. The summed E-state index contributed by atoms with van der Waals surface area (Å²) in [6.07, 6.45) is 0.935. The van der Waals surface area contributed by atoms with Crippen LogP contribution in [0, 0.1) is 10.1 Å². The maximum Gasteiger partial charge on any atom is 0.273 e. The highest BCUT2D eigenvalue weighted by Gasteiger charge is 2.19. The quantitative estimate of drug-likeness (QED) is 0.528. The Morgan fingerprint density at radius 1 is 1.31 bits per heavy atom. The lowest BCUT2D eigenvalue weighted by atomic mass is 10.2. The summed E-state index contributed by atoms with van der Waals surface area (Å²) in [4.78, 5) is 26.7. The molecule has 1 saturated heterocycles. The van der Waals surface area contributed by atoms with E-state index in [1.165, 1.54) is 12.1 Å². The number of nitrogens with zero attached hydrogens (tertiary/aromatic N) is 3. The molecule has 0 spiro atoms. The number of benzene rings is 1. The van der Waals surface area contributed by atoms with E-state index in [9.17, 15) is 14.9 Å². The van der Waals surface area contributed by atoms with Gasteiger partial charge in [-0.15, -0.1) is 0 Å². The zero-order chi connectivity index (χ0) is 18.9. The second-order valence-corrected chi connectivity index (χ2v) is 6.60. The summed E-state index contributed by atoms with van der Waals surface area (Å²) in [6.45, 7) is 9.23. The third-order valence-corrected chi connectivity index (χ3v) is 4.56. The molecule has 0 radical (unpaired) electrons. The Morgan fingerprint density at radius 3 is 2.65 bits per heavy atom. The molecule has 0 bridgehead atoms. The number of nitro groups is 1. The summed E-state index contributed by atoms with van der Waals surface area (Å²) < 4.78 is 5.62. The van der Waals surface area contributed by atoms with E-state index in [-0.39, 0.29) is 17.6 Å². The van der Waals surface area contributed by atoms with Crippen molar-refractivity contribution >= 4 is 11.6 Å². The van der Waals surface area contributed by atoms with Crippen molar-refractivity contribution in [3.8, 4) is 5.75 Å². The molecule has 26 heavy (non-hydrogen) atoms. The molecule has 0 unspecified atom stereocenters. The first-order valence-electron chi connectivity index (χ1n) is 9.09. The fraction of sp³-hybridized carbons (Fsp3) is 0.611. The van der Waals surface area contributed by atoms with Crippen LogP contribution < -0.4 is 10.1 Å². The Bertz CT molecular complexity index is 603. The predicted molar refractivity (Wildman–Crippen MR) is 99.4 cm³/mol. The van der Waals surface area contributed by atoms with E-state index >= 15 is 0 Å². The first-order valence-corrected chi connectivity index (χ1v) is 9.09. The predicted octanol–water partition coefficient (Wildman–Crippen LogP) is 1.51. The summed E-state index contributed by atoms with van der Waals surface area (Å²) in [5.41, 5.74) is 0.0341. The number of amides is 1. The van der Waals surface area contributed by atoms with E-state index < -0.39 is 4.92 Å². The van der Waals surface area contributed by atoms with Crippen LogP contribution >= 0.6 is 0 Å². The highest BCUT2D eigenvalue weighted by Crippen LogP contribution is 2.19. The van der Waals surface area contributed by atoms with Crippen molar-refractivity contribution < 1.29 is 14.5 Å². The van der Waals surface area contributed by atoms with Gasteiger partial charge in [0, 0.05) is 44.8 Å². The van der Waals surface area contributed by atoms with Crippen LogP contribution in [0.3, 0.4) is 0 Å². The van der Waals surface area contributed by atoms with Crippen molar-refractivity contribution in [3.05, 3.63) is 34.4 Å². The molecule has 1 heterocycles. The number of hydrogen-bond donors (Lipinski definition) is 1. The van der Waals surface area contributed by atoms with Crippen LogP contribution in [0.4, 0.5) is 5.69 Å². The molecular weight excluding hydrogens is 336 g/mol. The van der Waals surface area contributed by atoms with Crippen molar-refractivity contribution in [3.63, 3.8) is 0 Å². The van der Waals surface area contributed by atoms with Gasteiger partial charge >= 0.3 is 0 Å². The number of piperazine rings is 1. The van der Waals surface area contributed by atoms with Gasteiger partial charge in [0.05, 0.1) is 17.5 Å². The Kier molecular flexibility index (Phi) is 7.80. The Hall–Kier alpha value is -2.19. The minimum atomic E-state index is -0.427. The first kappa shape index (κ1) is 20.1. The number of carbonyl (C=O) groups excluding carboxylic acids is 1. The SMILES string of the molecule is CC[C@@H](C)NC(=O)CN1CCN(CCOc2cccc([N+](=O)[O-])c2)CC1. The number of carbonyl (C=O) groups is 1. The summed E-state index contributed by atoms with van der Waals surface area (Å²) in [6, 6.07) is 6.45. The number of non-ortho nitro benzene ring substituents is 1. The third-order valence-electron chi connectivity index (χ3n) is 4.56. The van der Waals surface area contributed by atoms with Gasteiger partial charge in [-0.05, 0) is 19.4 Å².